The summed E-state index contributed by atoms with van der Waals surface area (Å²) in [5.41, 5.74) is 0. The number of ether oxygens (including phenoxy) is 1. The maximum atomic E-state index is 12.2. The monoisotopic (exact) mass is 284 g/mol. The fraction of sp³-hybridized carbons (Fsp3) is 0.538. The van der Waals surface area contributed by atoms with E-state index in [0.717, 1.165) is 13.0 Å². The third kappa shape index (κ3) is 3.68. The van der Waals surface area contributed by atoms with Crippen molar-refractivity contribution in [1.82, 2.24) is 10.0 Å². The first-order valence-electron chi connectivity index (χ1n) is 6.38. The Hall–Kier alpha value is -1.11. The largest absolute Gasteiger partial charge is 0.497 e. The Morgan fingerprint density at radius 3 is 2.53 bits per heavy atom. The first-order chi connectivity index (χ1) is 9.01. The number of sulfonamides is 1. The zero-order valence-corrected chi connectivity index (χ0v) is 12.0. The molecule has 6 heteroatoms. The predicted molar refractivity (Wildman–Crippen MR) is 73.8 cm³/mol. The van der Waals surface area contributed by atoms with Gasteiger partial charge in [0.1, 0.15) is 5.75 Å². The van der Waals surface area contributed by atoms with Gasteiger partial charge >= 0.3 is 0 Å². The van der Waals surface area contributed by atoms with Gasteiger partial charge in [-0.25, -0.2) is 13.1 Å². The minimum absolute atomic E-state index is 0.0455. The van der Waals surface area contributed by atoms with Gasteiger partial charge in [0, 0.05) is 12.6 Å². The van der Waals surface area contributed by atoms with Crippen molar-refractivity contribution in [2.75, 3.05) is 20.2 Å². The second kappa shape index (κ2) is 5.90. The second-order valence-electron chi connectivity index (χ2n) is 4.99. The minimum atomic E-state index is -3.45. The Labute approximate surface area is 114 Å². The van der Waals surface area contributed by atoms with Crippen LogP contribution in [0.3, 0.4) is 0 Å². The smallest absolute Gasteiger partial charge is 0.240 e. The highest BCUT2D eigenvalue weighted by Gasteiger charge is 2.24. The van der Waals surface area contributed by atoms with Gasteiger partial charge in [-0.15, -0.1) is 0 Å². The van der Waals surface area contributed by atoms with Crippen LogP contribution in [0, 0.1) is 5.92 Å². The Bertz CT molecular complexity index is 513. The molecule has 19 heavy (non-hydrogen) atoms. The van der Waals surface area contributed by atoms with Crippen LogP contribution in [0.15, 0.2) is 29.2 Å². The predicted octanol–water partition coefficient (Wildman–Crippen LogP) is 0.971. The highest BCUT2D eigenvalue weighted by atomic mass is 32.2. The average Bonchev–Trinajstić information content (AvgIpc) is 2.38. The van der Waals surface area contributed by atoms with Gasteiger partial charge in [-0.1, -0.05) is 6.92 Å². The summed E-state index contributed by atoms with van der Waals surface area (Å²) >= 11 is 0. The molecule has 0 aliphatic carbocycles. The summed E-state index contributed by atoms with van der Waals surface area (Å²) in [5.74, 6) is 1.13. The maximum absolute atomic E-state index is 12.2. The van der Waals surface area contributed by atoms with Gasteiger partial charge in [0.15, 0.2) is 0 Å². The summed E-state index contributed by atoms with van der Waals surface area (Å²) in [6, 6.07) is 6.37. The zero-order chi connectivity index (χ0) is 13.9. The van der Waals surface area contributed by atoms with E-state index < -0.39 is 10.0 Å². The van der Waals surface area contributed by atoms with Gasteiger partial charge in [-0.05, 0) is 43.1 Å². The van der Waals surface area contributed by atoms with E-state index in [1.807, 2.05) is 0 Å². The van der Waals surface area contributed by atoms with E-state index in [2.05, 4.69) is 17.0 Å². The van der Waals surface area contributed by atoms with Crippen molar-refractivity contribution in [3.05, 3.63) is 24.3 Å². The highest BCUT2D eigenvalue weighted by molar-refractivity contribution is 7.89. The molecule has 0 bridgehead atoms. The lowest BCUT2D eigenvalue weighted by molar-refractivity contribution is 0.346. The lowest BCUT2D eigenvalue weighted by Crippen LogP contribution is -2.48. The van der Waals surface area contributed by atoms with Gasteiger partial charge in [-0.2, -0.15) is 0 Å². The molecule has 0 radical (unpaired) electrons. The highest BCUT2D eigenvalue weighted by Crippen LogP contribution is 2.17. The van der Waals surface area contributed by atoms with Crippen LogP contribution in [0.5, 0.6) is 5.75 Å². The molecule has 1 aliphatic rings. The van der Waals surface area contributed by atoms with E-state index in [0.29, 0.717) is 18.2 Å². The van der Waals surface area contributed by atoms with E-state index in [4.69, 9.17) is 4.74 Å². The molecule has 2 atom stereocenters. The Kier molecular flexibility index (Phi) is 4.44. The van der Waals surface area contributed by atoms with Crippen LogP contribution in [0.25, 0.3) is 0 Å². The minimum Gasteiger partial charge on any atom is -0.497 e. The number of nitrogens with one attached hydrogen (secondary N) is 2. The normalized spacial score (nSPS) is 24.1. The van der Waals surface area contributed by atoms with Crippen molar-refractivity contribution >= 4 is 10.0 Å². The molecule has 0 aromatic heterocycles. The fourth-order valence-corrected chi connectivity index (χ4v) is 3.54. The molecule has 1 aromatic carbocycles. The van der Waals surface area contributed by atoms with Crippen LogP contribution in [0.4, 0.5) is 0 Å². The summed E-state index contributed by atoms with van der Waals surface area (Å²) in [7, 11) is -1.90. The first-order valence-corrected chi connectivity index (χ1v) is 7.86. The lowest BCUT2D eigenvalue weighted by atomic mass is 9.99. The van der Waals surface area contributed by atoms with Crippen LogP contribution >= 0.6 is 0 Å². The summed E-state index contributed by atoms with van der Waals surface area (Å²) < 4.78 is 32.2. The number of rotatable bonds is 4. The van der Waals surface area contributed by atoms with Crippen LogP contribution in [0.1, 0.15) is 13.3 Å². The number of benzene rings is 1. The maximum Gasteiger partial charge on any atom is 0.240 e. The quantitative estimate of drug-likeness (QED) is 0.864. The van der Waals surface area contributed by atoms with Crippen molar-refractivity contribution in [2.45, 2.75) is 24.3 Å². The van der Waals surface area contributed by atoms with Gasteiger partial charge < -0.3 is 10.1 Å². The number of methoxy groups -OCH3 is 1. The summed E-state index contributed by atoms with van der Waals surface area (Å²) in [4.78, 5) is 0.270. The summed E-state index contributed by atoms with van der Waals surface area (Å²) in [6.07, 6.45) is 0.863. The Balaban J connectivity index is 2.08. The van der Waals surface area contributed by atoms with Crippen molar-refractivity contribution in [2.24, 2.45) is 5.92 Å². The van der Waals surface area contributed by atoms with Gasteiger partial charge in [-0.3, -0.25) is 0 Å². The second-order valence-corrected chi connectivity index (χ2v) is 6.71. The van der Waals surface area contributed by atoms with E-state index in [1.165, 1.54) is 0 Å². The molecule has 0 amide bonds. The Morgan fingerprint density at radius 1 is 1.26 bits per heavy atom. The van der Waals surface area contributed by atoms with Crippen molar-refractivity contribution in [3.63, 3.8) is 0 Å². The van der Waals surface area contributed by atoms with E-state index >= 15 is 0 Å². The lowest BCUT2D eigenvalue weighted by Gasteiger charge is -2.28. The molecule has 2 unspecified atom stereocenters. The van der Waals surface area contributed by atoms with Crippen molar-refractivity contribution < 1.29 is 13.2 Å². The topological polar surface area (TPSA) is 67.4 Å². The third-order valence-electron chi connectivity index (χ3n) is 3.26. The first kappa shape index (κ1) is 14.3. The zero-order valence-electron chi connectivity index (χ0n) is 11.2. The molecule has 2 N–H and O–H groups in total. The van der Waals surface area contributed by atoms with Gasteiger partial charge in [0.2, 0.25) is 10.0 Å². The van der Waals surface area contributed by atoms with Crippen molar-refractivity contribution in [1.29, 1.82) is 0 Å². The molecule has 1 aliphatic heterocycles. The SMILES string of the molecule is COc1ccc(S(=O)(=O)NC2CNCC(C)C2)cc1. The number of piperidine rings is 1. The molecule has 0 saturated carbocycles. The van der Waals surface area contributed by atoms with Crippen LogP contribution < -0.4 is 14.8 Å². The molecular weight excluding hydrogens is 264 g/mol. The van der Waals surface area contributed by atoms with E-state index in [1.54, 1.807) is 31.4 Å². The molecular formula is C13H20N2O3S. The molecule has 5 nitrogen and oxygen atoms in total. The van der Waals surface area contributed by atoms with Crippen LogP contribution in [0.2, 0.25) is 0 Å². The van der Waals surface area contributed by atoms with Crippen LogP contribution in [-0.2, 0) is 10.0 Å². The van der Waals surface area contributed by atoms with Crippen LogP contribution in [-0.4, -0.2) is 34.7 Å². The third-order valence-corrected chi connectivity index (χ3v) is 4.80. The molecule has 1 heterocycles. The average molecular weight is 284 g/mol. The van der Waals surface area contributed by atoms with Gasteiger partial charge in [0.25, 0.3) is 0 Å². The van der Waals surface area contributed by atoms with E-state index in [9.17, 15) is 8.42 Å². The summed E-state index contributed by atoms with van der Waals surface area (Å²) in [5, 5.41) is 3.23. The van der Waals surface area contributed by atoms with Crippen molar-refractivity contribution in [3.8, 4) is 5.75 Å². The molecule has 0 spiro atoms. The molecule has 106 valence electrons. The molecule has 1 fully saturated rings. The molecule has 1 aromatic rings. The summed E-state index contributed by atoms with van der Waals surface area (Å²) in [6.45, 7) is 3.74. The fourth-order valence-electron chi connectivity index (χ4n) is 2.29. The molecule has 1 saturated heterocycles. The molecule has 2 rings (SSSR count). The number of hydrogen-bond donors (Lipinski definition) is 2. The Morgan fingerprint density at radius 2 is 1.95 bits per heavy atom. The number of hydrogen-bond acceptors (Lipinski definition) is 4. The van der Waals surface area contributed by atoms with Gasteiger partial charge in [0.05, 0.1) is 12.0 Å². The van der Waals surface area contributed by atoms with E-state index in [-0.39, 0.29) is 10.9 Å². The standard InChI is InChI=1S/C13H20N2O3S/c1-10-7-11(9-14-8-10)15-19(16,17)13-5-3-12(18-2)4-6-13/h3-6,10-11,14-15H,7-9H2,1-2H3.